The van der Waals surface area contributed by atoms with Crippen molar-refractivity contribution in [1.29, 1.82) is 0 Å². The number of aryl methyl sites for hydroxylation is 1. The average molecular weight is 236 g/mol. The van der Waals surface area contributed by atoms with Crippen LogP contribution < -0.4 is 0 Å². The number of Topliss-reactive ketones (excluding diaryl/α,β-unsaturated/α-hetero) is 1. The fourth-order valence-corrected chi connectivity index (χ4v) is 2.45. The van der Waals surface area contributed by atoms with Gasteiger partial charge in [-0.2, -0.15) is 0 Å². The number of aromatic nitrogens is 1. The van der Waals surface area contributed by atoms with Crippen LogP contribution >= 0.6 is 0 Å². The van der Waals surface area contributed by atoms with Crippen LogP contribution in [0.5, 0.6) is 0 Å². The van der Waals surface area contributed by atoms with Gasteiger partial charge in [-0.25, -0.2) is 0 Å². The molecule has 1 fully saturated rings. The molecule has 0 amide bonds. The summed E-state index contributed by atoms with van der Waals surface area (Å²) < 4.78 is 7.52. The van der Waals surface area contributed by atoms with E-state index < -0.39 is 0 Å². The molecule has 1 aromatic rings. The molecule has 0 spiro atoms. The maximum absolute atomic E-state index is 12.1. The maximum atomic E-state index is 12.1. The summed E-state index contributed by atoms with van der Waals surface area (Å²) in [7, 11) is 1.90. The number of rotatable bonds is 3. The minimum atomic E-state index is 0.179. The highest BCUT2D eigenvalue weighted by Crippen LogP contribution is 2.11. The number of carbonyl (C=O) groups excluding carboxylic acids is 1. The van der Waals surface area contributed by atoms with E-state index in [-0.39, 0.29) is 18.0 Å². The summed E-state index contributed by atoms with van der Waals surface area (Å²) in [6.07, 6.45) is 2.32. The molecule has 1 aromatic heterocycles. The second kappa shape index (κ2) is 5.02. The van der Waals surface area contributed by atoms with Crippen LogP contribution in [0.2, 0.25) is 0 Å². The van der Waals surface area contributed by atoms with Gasteiger partial charge in [0.25, 0.3) is 0 Å². The number of morpholine rings is 1. The molecule has 94 valence electrons. The predicted molar refractivity (Wildman–Crippen MR) is 66.2 cm³/mol. The first-order valence-corrected chi connectivity index (χ1v) is 6.08. The Hall–Kier alpha value is -1.13. The number of ether oxygens (including phenoxy) is 1. The van der Waals surface area contributed by atoms with Crippen LogP contribution in [0.3, 0.4) is 0 Å². The molecular weight excluding hydrogens is 216 g/mol. The van der Waals surface area contributed by atoms with Gasteiger partial charge in [0.2, 0.25) is 0 Å². The third-order valence-corrected chi connectivity index (χ3v) is 3.09. The first-order valence-electron chi connectivity index (χ1n) is 6.08. The van der Waals surface area contributed by atoms with Crippen molar-refractivity contribution in [3.63, 3.8) is 0 Å². The lowest BCUT2D eigenvalue weighted by atomic mass is 10.2. The zero-order valence-corrected chi connectivity index (χ0v) is 10.7. The minimum Gasteiger partial charge on any atom is -0.373 e. The Labute approximate surface area is 102 Å². The Balaban J connectivity index is 1.97. The molecular formula is C13H20N2O2. The van der Waals surface area contributed by atoms with Gasteiger partial charge >= 0.3 is 0 Å². The molecule has 0 radical (unpaired) electrons. The van der Waals surface area contributed by atoms with Crippen molar-refractivity contribution in [2.45, 2.75) is 26.1 Å². The molecule has 17 heavy (non-hydrogen) atoms. The molecule has 0 N–H and O–H groups in total. The van der Waals surface area contributed by atoms with Gasteiger partial charge in [-0.1, -0.05) is 0 Å². The van der Waals surface area contributed by atoms with Gasteiger partial charge in [0.05, 0.1) is 24.4 Å². The van der Waals surface area contributed by atoms with E-state index in [0.29, 0.717) is 6.54 Å². The summed E-state index contributed by atoms with van der Waals surface area (Å²) in [5, 5.41) is 0. The van der Waals surface area contributed by atoms with Crippen LogP contribution in [0.4, 0.5) is 0 Å². The Kier molecular flexibility index (Phi) is 3.64. The Bertz CT molecular complexity index is 390. The van der Waals surface area contributed by atoms with E-state index in [9.17, 15) is 4.79 Å². The van der Waals surface area contributed by atoms with Gasteiger partial charge in [-0.15, -0.1) is 0 Å². The SMILES string of the molecule is CC1CN(CC(=O)c2cccn2C)CC(C)O1. The van der Waals surface area contributed by atoms with Crippen molar-refractivity contribution >= 4 is 5.78 Å². The van der Waals surface area contributed by atoms with Crippen LogP contribution in [0.1, 0.15) is 24.3 Å². The molecule has 4 heteroatoms. The average Bonchev–Trinajstić information content (AvgIpc) is 2.62. The van der Waals surface area contributed by atoms with Crippen LogP contribution in [-0.4, -0.2) is 47.1 Å². The molecule has 2 rings (SSSR count). The lowest BCUT2D eigenvalue weighted by Gasteiger charge is -2.34. The van der Waals surface area contributed by atoms with Crippen molar-refractivity contribution in [3.8, 4) is 0 Å². The molecule has 2 unspecified atom stereocenters. The molecule has 0 aromatic carbocycles. The molecule has 1 aliphatic rings. The van der Waals surface area contributed by atoms with Crippen molar-refractivity contribution in [2.75, 3.05) is 19.6 Å². The van der Waals surface area contributed by atoms with E-state index in [1.165, 1.54) is 0 Å². The largest absolute Gasteiger partial charge is 0.373 e. The quantitative estimate of drug-likeness (QED) is 0.742. The summed E-state index contributed by atoms with van der Waals surface area (Å²) in [6, 6.07) is 3.77. The summed E-state index contributed by atoms with van der Waals surface area (Å²) in [5.74, 6) is 0.179. The number of ketones is 1. The van der Waals surface area contributed by atoms with Gasteiger partial charge in [0, 0.05) is 26.3 Å². The molecule has 1 saturated heterocycles. The third-order valence-electron chi connectivity index (χ3n) is 3.09. The number of hydrogen-bond donors (Lipinski definition) is 0. The van der Waals surface area contributed by atoms with Crippen LogP contribution in [-0.2, 0) is 11.8 Å². The standard InChI is InChI=1S/C13H20N2O2/c1-10-7-15(8-11(2)17-10)9-13(16)12-5-4-6-14(12)3/h4-6,10-11H,7-9H2,1-3H3. The summed E-state index contributed by atoms with van der Waals surface area (Å²) >= 11 is 0. The van der Waals surface area contributed by atoms with Gasteiger partial charge in [-0.05, 0) is 26.0 Å². The zero-order valence-electron chi connectivity index (χ0n) is 10.7. The second-order valence-electron chi connectivity index (χ2n) is 4.88. The van der Waals surface area contributed by atoms with Gasteiger partial charge in [-0.3, -0.25) is 9.69 Å². The van der Waals surface area contributed by atoms with E-state index in [1.54, 1.807) is 0 Å². The first kappa shape index (κ1) is 12.3. The molecule has 2 heterocycles. The molecule has 0 aliphatic carbocycles. The Morgan fingerprint density at radius 3 is 2.59 bits per heavy atom. The normalized spacial score (nSPS) is 26.1. The molecule has 2 atom stereocenters. The highest BCUT2D eigenvalue weighted by atomic mass is 16.5. The van der Waals surface area contributed by atoms with E-state index in [0.717, 1.165) is 18.8 Å². The van der Waals surface area contributed by atoms with Gasteiger partial charge < -0.3 is 9.30 Å². The number of carbonyl (C=O) groups is 1. The zero-order chi connectivity index (χ0) is 12.4. The van der Waals surface area contributed by atoms with Crippen molar-refractivity contribution in [3.05, 3.63) is 24.0 Å². The lowest BCUT2D eigenvalue weighted by Crippen LogP contribution is -2.47. The minimum absolute atomic E-state index is 0.179. The van der Waals surface area contributed by atoms with Crippen molar-refractivity contribution < 1.29 is 9.53 Å². The van der Waals surface area contributed by atoms with Crippen LogP contribution in [0, 0.1) is 0 Å². The fraction of sp³-hybridized carbons (Fsp3) is 0.615. The van der Waals surface area contributed by atoms with Gasteiger partial charge in [0.1, 0.15) is 0 Å². The fourth-order valence-electron chi connectivity index (χ4n) is 2.45. The van der Waals surface area contributed by atoms with E-state index in [4.69, 9.17) is 4.74 Å². The summed E-state index contributed by atoms with van der Waals surface area (Å²) in [6.45, 7) is 6.25. The monoisotopic (exact) mass is 236 g/mol. The van der Waals surface area contributed by atoms with Gasteiger partial charge in [0.15, 0.2) is 5.78 Å². The molecule has 4 nitrogen and oxygen atoms in total. The highest BCUT2D eigenvalue weighted by Gasteiger charge is 2.24. The van der Waals surface area contributed by atoms with E-state index >= 15 is 0 Å². The van der Waals surface area contributed by atoms with E-state index in [2.05, 4.69) is 18.7 Å². The third kappa shape index (κ3) is 2.96. The topological polar surface area (TPSA) is 34.5 Å². The molecule has 1 aliphatic heterocycles. The Morgan fingerprint density at radius 2 is 2.06 bits per heavy atom. The summed E-state index contributed by atoms with van der Waals surface area (Å²) in [4.78, 5) is 14.3. The second-order valence-corrected chi connectivity index (χ2v) is 4.88. The summed E-state index contributed by atoms with van der Waals surface area (Å²) in [5.41, 5.74) is 0.775. The maximum Gasteiger partial charge on any atom is 0.193 e. The molecule has 0 bridgehead atoms. The highest BCUT2D eigenvalue weighted by molar-refractivity contribution is 5.96. The van der Waals surface area contributed by atoms with Crippen molar-refractivity contribution in [1.82, 2.24) is 9.47 Å². The first-order chi connectivity index (χ1) is 8.06. The smallest absolute Gasteiger partial charge is 0.193 e. The van der Waals surface area contributed by atoms with Crippen LogP contribution in [0.15, 0.2) is 18.3 Å². The van der Waals surface area contributed by atoms with Crippen LogP contribution in [0.25, 0.3) is 0 Å². The Morgan fingerprint density at radius 1 is 1.41 bits per heavy atom. The van der Waals surface area contributed by atoms with Crippen molar-refractivity contribution in [2.24, 2.45) is 7.05 Å². The number of hydrogen-bond acceptors (Lipinski definition) is 3. The number of nitrogens with zero attached hydrogens (tertiary/aromatic N) is 2. The molecule has 0 saturated carbocycles. The lowest BCUT2D eigenvalue weighted by molar-refractivity contribution is -0.0652. The predicted octanol–water partition coefficient (Wildman–Crippen LogP) is 1.32. The van der Waals surface area contributed by atoms with E-state index in [1.807, 2.05) is 29.9 Å².